The van der Waals surface area contributed by atoms with Gasteiger partial charge in [-0.05, 0) is 120 Å². The summed E-state index contributed by atoms with van der Waals surface area (Å²) in [4.78, 5) is 191. The molecule has 32 heteroatoms. The summed E-state index contributed by atoms with van der Waals surface area (Å²) < 4.78 is 108. The first-order valence-corrected chi connectivity index (χ1v) is 37.9. The normalized spacial score (nSPS) is 30.6. The van der Waals surface area contributed by atoms with Crippen molar-refractivity contribution in [2.45, 2.75) is 261 Å². The highest BCUT2D eigenvalue weighted by Gasteiger charge is 2.56. The van der Waals surface area contributed by atoms with Crippen molar-refractivity contribution in [2.24, 2.45) is 35.5 Å². The lowest BCUT2D eigenvalue weighted by Gasteiger charge is -2.47. The number of nitrogens with zero attached hydrogens (tertiary/aromatic N) is 9. The zero-order valence-electron chi connectivity index (χ0n) is 64.6. The number of amides is 12. The fourth-order valence-corrected chi connectivity index (χ4v) is 16.1. The van der Waals surface area contributed by atoms with Gasteiger partial charge in [0.25, 0.3) is 0 Å². The Morgan fingerprint density at radius 1 is 0.660 bits per heavy atom. The van der Waals surface area contributed by atoms with Crippen LogP contribution in [-0.4, -0.2) is 289 Å². The van der Waals surface area contributed by atoms with Crippen molar-refractivity contribution < 1.29 is 93.0 Å². The van der Waals surface area contributed by atoms with Crippen LogP contribution in [0, 0.1) is 35.5 Å². The van der Waals surface area contributed by atoms with Crippen molar-refractivity contribution >= 4 is 70.9 Å². The summed E-state index contributed by atoms with van der Waals surface area (Å²) >= 11 is 0. The fourth-order valence-electron chi connectivity index (χ4n) is 16.1. The summed E-state index contributed by atoms with van der Waals surface area (Å²) in [6.45, 7) is 10.6. The lowest BCUT2D eigenvalue weighted by molar-refractivity contribution is -0.219. The van der Waals surface area contributed by atoms with Crippen LogP contribution in [0.4, 0.5) is 30.7 Å². The zero-order chi connectivity index (χ0) is 79.4. The first-order chi connectivity index (χ1) is 49.6. The predicted octanol–water partition coefficient (Wildman–Crippen LogP) is 6.05. The number of carbonyl (C=O) groups is 12. The van der Waals surface area contributed by atoms with E-state index in [9.17, 15) is 50.7 Å². The van der Waals surface area contributed by atoms with Crippen LogP contribution in [0.25, 0.3) is 0 Å². The molecule has 0 aromatic carbocycles. The van der Waals surface area contributed by atoms with Crippen LogP contribution in [0.3, 0.4) is 0 Å². The third-order valence-corrected chi connectivity index (χ3v) is 23.1. The molecule has 1 spiro atoms. The summed E-state index contributed by atoms with van der Waals surface area (Å²) in [5.41, 5.74) is -1.70. The van der Waals surface area contributed by atoms with Gasteiger partial charge in [-0.2, -0.15) is 13.2 Å². The van der Waals surface area contributed by atoms with Gasteiger partial charge in [0.05, 0.1) is 25.6 Å². The zero-order valence-corrected chi connectivity index (χ0v) is 64.6. The topological polar surface area (TPSA) is 279 Å². The average Bonchev–Trinajstić information content (AvgIpc) is 1.10. The van der Waals surface area contributed by atoms with E-state index in [-0.39, 0.29) is 89.8 Å². The standard InChI is InChI=1S/C74H117F7N12O13/c1-16-44(7)61-69(103)87(11)42-59(96)88(12)52-24-21-20-22-33-92(68(52)102)56(37-45-27-31-73(77,78)32-28-45)67(101)86(10)41-57(94)82-51(26-25-46-35-49(75)60(50(76)36-46)74(79,80)81)65(99)93-40-48(106-19-4)38-54(93)64(98)84-72(29-23-30-72)71(105)91(15)62(47(17-2)18-3)70(104)90(14)55(66(100)85(8)9)39-58(95)89(13)53(34-43(5)6)63(97)83-61/h20-21,43-56,60-62H,16-19,22-42H2,1-15H3,(H,82,94)(H,83,97)(H,84,98)/b21-20-/t44-,46?,48+,49?,50?,51-,52-,53-,54-,55-,56-,60?,61-,62-/m0/s1. The Kier molecular flexibility index (Phi) is 31.3. The molecule has 2 unspecified atom stereocenters. The maximum absolute atomic E-state index is 15.5. The quantitative estimate of drug-likeness (QED) is 0.125. The van der Waals surface area contributed by atoms with Crippen LogP contribution in [0.2, 0.25) is 0 Å². The van der Waals surface area contributed by atoms with Gasteiger partial charge >= 0.3 is 6.18 Å². The van der Waals surface area contributed by atoms with Crippen LogP contribution in [0.5, 0.6) is 0 Å². The van der Waals surface area contributed by atoms with E-state index in [4.69, 9.17) is 4.74 Å². The second-order valence-corrected chi connectivity index (χ2v) is 31.2. The molecule has 600 valence electrons. The molecule has 0 radical (unpaired) electrons. The SMILES string of the molecule is CCO[C@@H]1C[C@H]2C(=O)NC3(CCC3)C(=O)N(C)[C@@H](C(CC)CC)C(=O)N(C)[C@H](C(=O)N(C)C)CC(=O)N(C)[C@@H](CC(C)C)C(=O)N[C@@H]([C@@H](C)CC)C(=O)N(C)CC(=O)N(C)[C@H]3C/C=C\CCN(C3=O)[C@@H](CC3CCC(F)(F)CC3)C(=O)N(C)CC(=O)N[C@@H](CCC3CC(F)C(C(F)(F)F)C(F)C3)C(=O)N2C1. The molecule has 0 aromatic rings. The summed E-state index contributed by atoms with van der Waals surface area (Å²) in [5, 5.41) is 8.41. The van der Waals surface area contributed by atoms with Gasteiger partial charge in [-0.25, -0.2) is 17.6 Å². The Morgan fingerprint density at radius 2 is 1.27 bits per heavy atom. The van der Waals surface area contributed by atoms with Gasteiger partial charge < -0.3 is 64.8 Å². The van der Waals surface area contributed by atoms with Gasteiger partial charge in [-0.15, -0.1) is 0 Å². The number of hydrogen-bond donors (Lipinski definition) is 3. The highest BCUT2D eigenvalue weighted by atomic mass is 19.4. The lowest BCUT2D eigenvalue weighted by Crippen LogP contribution is -2.68. The molecule has 12 atom stereocenters. The largest absolute Gasteiger partial charge is 0.397 e. The molecule has 6 rings (SSSR count). The number of ether oxygens (including phenoxy) is 1. The first-order valence-electron chi connectivity index (χ1n) is 37.9. The van der Waals surface area contributed by atoms with Crippen LogP contribution in [-0.2, 0) is 62.3 Å². The predicted molar refractivity (Wildman–Crippen MR) is 379 cm³/mol. The summed E-state index contributed by atoms with van der Waals surface area (Å²) in [5.74, 6) is -18.4. The molecule has 106 heavy (non-hydrogen) atoms. The second kappa shape index (κ2) is 37.8. The van der Waals surface area contributed by atoms with Crippen molar-refractivity contribution in [1.82, 2.24) is 60.0 Å². The van der Waals surface area contributed by atoms with Crippen LogP contribution in [0.15, 0.2) is 12.2 Å². The molecule has 3 N–H and O–H groups in total. The number of carbonyl (C=O) groups excluding carboxylic acids is 12. The average molecular weight is 1520 g/mol. The molecule has 3 saturated carbocycles. The van der Waals surface area contributed by atoms with Gasteiger partial charge in [0.1, 0.15) is 72.1 Å². The van der Waals surface area contributed by atoms with Crippen LogP contribution in [0.1, 0.15) is 177 Å². The molecular weight excluding hydrogens is 1400 g/mol. The van der Waals surface area contributed by atoms with Crippen LogP contribution < -0.4 is 16.0 Å². The number of hydrogen-bond acceptors (Lipinski definition) is 13. The van der Waals surface area contributed by atoms with Gasteiger partial charge in [0.15, 0.2) is 0 Å². The van der Waals surface area contributed by atoms with E-state index in [2.05, 4.69) is 16.0 Å². The molecule has 3 heterocycles. The Labute approximate surface area is 619 Å². The maximum atomic E-state index is 15.5. The number of halogens is 7. The van der Waals surface area contributed by atoms with Crippen molar-refractivity contribution in [3.05, 3.63) is 12.2 Å². The minimum absolute atomic E-state index is 0.0460. The summed E-state index contributed by atoms with van der Waals surface area (Å²) in [6, 6.07) is -11.3. The molecule has 3 aliphatic carbocycles. The van der Waals surface area contributed by atoms with Crippen molar-refractivity contribution in [3.63, 3.8) is 0 Å². The molecule has 2 saturated heterocycles. The number of nitrogens with one attached hydrogen (secondary N) is 3. The monoisotopic (exact) mass is 1510 g/mol. The molecule has 3 aliphatic heterocycles. The Balaban J connectivity index is 1.48. The Bertz CT molecular complexity index is 3140. The maximum Gasteiger partial charge on any atom is 0.397 e. The highest BCUT2D eigenvalue weighted by molar-refractivity contribution is 6.01. The third-order valence-electron chi connectivity index (χ3n) is 23.1. The van der Waals surface area contributed by atoms with E-state index >= 15 is 37.5 Å². The first kappa shape index (κ1) is 87.8. The van der Waals surface area contributed by atoms with Gasteiger partial charge in [-0.3, -0.25) is 57.5 Å². The number of fused-ring (bicyclic) bond motifs is 3. The fraction of sp³-hybridized carbons (Fsp3) is 0.811. The number of likely N-dealkylation sites (N-methyl/N-ethyl adjacent to an activating group) is 7. The molecule has 5 fully saturated rings. The van der Waals surface area contributed by atoms with E-state index in [1.54, 1.807) is 46.8 Å². The molecule has 25 nitrogen and oxygen atoms in total. The van der Waals surface area contributed by atoms with E-state index in [1.807, 2.05) is 13.8 Å². The summed E-state index contributed by atoms with van der Waals surface area (Å²) in [6.07, 6.45) is -10.7. The van der Waals surface area contributed by atoms with E-state index < -0.39 is 237 Å². The van der Waals surface area contributed by atoms with Gasteiger partial charge in [0.2, 0.25) is 76.8 Å². The van der Waals surface area contributed by atoms with E-state index in [1.165, 1.54) is 71.1 Å². The van der Waals surface area contributed by atoms with Crippen molar-refractivity contribution in [3.8, 4) is 0 Å². The van der Waals surface area contributed by atoms with Gasteiger partial charge in [0, 0.05) is 95.3 Å². The second-order valence-electron chi connectivity index (χ2n) is 31.2. The lowest BCUT2D eigenvalue weighted by atomic mass is 9.74. The minimum Gasteiger partial charge on any atom is -0.377 e. The molecule has 6 aliphatic rings. The molecule has 2 bridgehead atoms. The van der Waals surface area contributed by atoms with Gasteiger partial charge in [-0.1, -0.05) is 73.0 Å². The highest BCUT2D eigenvalue weighted by Crippen LogP contribution is 2.45. The summed E-state index contributed by atoms with van der Waals surface area (Å²) in [7, 11) is 10.9. The van der Waals surface area contributed by atoms with E-state index in [0.29, 0.717) is 25.7 Å². The van der Waals surface area contributed by atoms with Crippen molar-refractivity contribution in [1.29, 1.82) is 0 Å². The smallest absolute Gasteiger partial charge is 0.377 e. The molecule has 0 aromatic heterocycles. The minimum atomic E-state index is -5.21. The van der Waals surface area contributed by atoms with Crippen LogP contribution >= 0.6 is 0 Å². The Hall–Kier alpha value is -7.15. The van der Waals surface area contributed by atoms with Crippen molar-refractivity contribution in [2.75, 3.05) is 89.2 Å². The van der Waals surface area contributed by atoms with E-state index in [0.717, 1.165) is 29.4 Å². The number of alkyl halides is 7. The Morgan fingerprint density at radius 3 is 1.82 bits per heavy atom. The third kappa shape index (κ3) is 21.4. The molecular formula is C74H117F7N12O13. The number of rotatable bonds is 15. The molecule has 12 amide bonds.